The monoisotopic (exact) mass is 211 g/mol. The Labute approximate surface area is 87.2 Å². The topological polar surface area (TPSA) is 4.44 Å². The largest absolute Gasteiger partial charge is 1.00 e. The van der Waals surface area contributed by atoms with E-state index in [2.05, 4.69) is 26.1 Å². The molecule has 0 aromatic heterocycles. The lowest BCUT2D eigenvalue weighted by molar-refractivity contribution is -0.842. The molecule has 0 aromatic carbocycles. The molecule has 0 heterocycles. The van der Waals surface area contributed by atoms with E-state index in [1.165, 1.54) is 4.90 Å². The molecule has 74 valence electrons. The second kappa shape index (κ2) is 9.37. The third-order valence-electron chi connectivity index (χ3n) is 1.72. The number of hydrogen-bond donors (Lipinski definition) is 1. The molecule has 0 radical (unpaired) electrons. The van der Waals surface area contributed by atoms with Gasteiger partial charge in [0.2, 0.25) is 0 Å². The molecule has 1 unspecified atom stereocenters. The molecule has 0 saturated carbocycles. The van der Waals surface area contributed by atoms with E-state index >= 15 is 0 Å². The summed E-state index contributed by atoms with van der Waals surface area (Å²) in [6, 6.07) is 0. The Morgan fingerprint density at radius 3 is 2.17 bits per heavy atom. The molecule has 0 spiro atoms. The number of nitrogens with one attached hydrogen (secondary N) is 1. The maximum atomic E-state index is 5.79. The van der Waals surface area contributed by atoms with E-state index in [9.17, 15) is 0 Å². The highest BCUT2D eigenvalue weighted by atomic mass is 35.5. The van der Waals surface area contributed by atoms with Crippen LogP contribution in [-0.2, 0) is 0 Å². The molecule has 0 amide bonds. The summed E-state index contributed by atoms with van der Waals surface area (Å²) in [5.74, 6) is 0. The van der Waals surface area contributed by atoms with Crippen LogP contribution in [0, 0.1) is 0 Å². The summed E-state index contributed by atoms with van der Waals surface area (Å²) < 4.78 is 0. The molecule has 3 heteroatoms. The number of quaternary nitrogens is 1. The number of hydrogen-bond acceptors (Lipinski definition) is 0. The van der Waals surface area contributed by atoms with Crippen molar-refractivity contribution < 1.29 is 17.3 Å². The van der Waals surface area contributed by atoms with E-state index in [1.807, 2.05) is 6.92 Å². The van der Waals surface area contributed by atoms with Crippen molar-refractivity contribution in [2.75, 3.05) is 13.1 Å². The number of allylic oxidation sites excluding steroid dienone is 1. The van der Waals surface area contributed by atoms with Crippen LogP contribution < -0.4 is 17.3 Å². The number of halogens is 2. The van der Waals surface area contributed by atoms with Crippen molar-refractivity contribution in [2.45, 2.75) is 32.6 Å². The van der Waals surface area contributed by atoms with E-state index in [1.54, 1.807) is 0 Å². The van der Waals surface area contributed by atoms with Crippen molar-refractivity contribution in [3.05, 3.63) is 12.3 Å². The molecule has 1 atom stereocenters. The predicted molar refractivity (Wildman–Crippen MR) is 51.1 cm³/mol. The lowest BCUT2D eigenvalue weighted by atomic mass is 10.3. The Morgan fingerprint density at radius 1 is 1.33 bits per heavy atom. The van der Waals surface area contributed by atoms with Crippen LogP contribution in [0.3, 0.4) is 0 Å². The summed E-state index contributed by atoms with van der Waals surface area (Å²) >= 11 is 5.79. The van der Waals surface area contributed by atoms with Crippen LogP contribution in [-0.4, -0.2) is 18.5 Å². The predicted octanol–water partition coefficient (Wildman–Crippen LogP) is -1.55. The van der Waals surface area contributed by atoms with Crippen LogP contribution in [0.5, 0.6) is 0 Å². The highest BCUT2D eigenvalue weighted by Gasteiger charge is 1.96. The second-order valence-corrected chi connectivity index (χ2v) is 3.53. The summed E-state index contributed by atoms with van der Waals surface area (Å²) in [7, 11) is 0. The van der Waals surface area contributed by atoms with Crippen LogP contribution in [0.25, 0.3) is 0 Å². The minimum Gasteiger partial charge on any atom is -1.00 e. The normalized spacial score (nSPS) is 13.4. The Morgan fingerprint density at radius 2 is 1.83 bits per heavy atom. The quantitative estimate of drug-likeness (QED) is 0.526. The van der Waals surface area contributed by atoms with Crippen molar-refractivity contribution >= 4 is 11.6 Å². The minimum atomic E-state index is 0. The maximum Gasteiger partial charge on any atom is 0.0902 e. The van der Waals surface area contributed by atoms with Crippen molar-refractivity contribution in [1.82, 2.24) is 0 Å². The van der Waals surface area contributed by atoms with E-state index in [-0.39, 0.29) is 17.8 Å². The molecule has 0 aliphatic rings. The van der Waals surface area contributed by atoms with Gasteiger partial charge >= 0.3 is 0 Å². The molecule has 0 bridgehead atoms. The number of rotatable bonds is 5. The summed E-state index contributed by atoms with van der Waals surface area (Å²) in [4.78, 5) is 1.50. The fourth-order valence-electron chi connectivity index (χ4n) is 0.908. The molecule has 0 fully saturated rings. The van der Waals surface area contributed by atoms with E-state index in [0.717, 1.165) is 19.5 Å². The number of alkyl halides is 1. The van der Waals surface area contributed by atoms with Gasteiger partial charge in [-0.2, -0.15) is 0 Å². The molecule has 1 nitrogen and oxygen atoms in total. The average Bonchev–Trinajstić information content (AvgIpc) is 1.98. The first kappa shape index (κ1) is 14.8. The Balaban J connectivity index is 0. The zero-order valence-electron chi connectivity index (χ0n) is 8.11. The molecule has 0 aliphatic heterocycles. The summed E-state index contributed by atoms with van der Waals surface area (Å²) in [6.07, 6.45) is 5.35. The van der Waals surface area contributed by atoms with Gasteiger partial charge in [-0.05, 0) is 33.3 Å². The summed E-state index contributed by atoms with van der Waals surface area (Å²) in [5.41, 5.74) is 0. The molecule has 0 aromatic rings. The third kappa shape index (κ3) is 8.38. The molecule has 0 rings (SSSR count). The standard InChI is InChI=1S/C9H18ClN.ClH/c1-4-11(5-2)8-6-7-9(3)10;/h6,8-9H,4-5,7H2,1-3H3;1H/b8-6-;. The van der Waals surface area contributed by atoms with Crippen LogP contribution in [0.4, 0.5) is 0 Å². The molecule has 0 saturated heterocycles. The molecule has 12 heavy (non-hydrogen) atoms. The second-order valence-electron chi connectivity index (χ2n) is 2.78. The first-order valence-corrected chi connectivity index (χ1v) is 4.79. The smallest absolute Gasteiger partial charge is 0.0902 e. The van der Waals surface area contributed by atoms with Crippen LogP contribution in [0.2, 0.25) is 0 Å². The van der Waals surface area contributed by atoms with E-state index < -0.39 is 0 Å². The highest BCUT2D eigenvalue weighted by Crippen LogP contribution is 1.98. The van der Waals surface area contributed by atoms with Crippen molar-refractivity contribution in [3.63, 3.8) is 0 Å². The maximum absolute atomic E-state index is 5.79. The Bertz CT molecular complexity index is 109. The molecule has 1 N–H and O–H groups in total. The molecular formula is C9H19Cl2N. The lowest BCUT2D eigenvalue weighted by Gasteiger charge is -2.08. The molecule has 0 aliphatic carbocycles. The van der Waals surface area contributed by atoms with Gasteiger partial charge in [-0.3, -0.25) is 0 Å². The average molecular weight is 212 g/mol. The molecular weight excluding hydrogens is 193 g/mol. The SMILES string of the molecule is CC[NH+](/C=C\CC(C)Cl)CC.[Cl-]. The fourth-order valence-corrected chi connectivity index (χ4v) is 1.01. The van der Waals surface area contributed by atoms with E-state index in [4.69, 9.17) is 11.6 Å². The Kier molecular flexibility index (Phi) is 11.5. The van der Waals surface area contributed by atoms with E-state index in [0.29, 0.717) is 0 Å². The van der Waals surface area contributed by atoms with Crippen molar-refractivity contribution in [2.24, 2.45) is 0 Å². The van der Waals surface area contributed by atoms with Gasteiger partial charge in [-0.15, -0.1) is 11.6 Å². The van der Waals surface area contributed by atoms with Gasteiger partial charge in [0.1, 0.15) is 0 Å². The van der Waals surface area contributed by atoms with Gasteiger partial charge in [0, 0.05) is 5.38 Å². The van der Waals surface area contributed by atoms with Crippen molar-refractivity contribution in [3.8, 4) is 0 Å². The van der Waals surface area contributed by atoms with Gasteiger partial charge in [-0.1, -0.05) is 0 Å². The zero-order chi connectivity index (χ0) is 8.69. The summed E-state index contributed by atoms with van der Waals surface area (Å²) in [5, 5.41) is 0.265. The minimum absolute atomic E-state index is 0. The summed E-state index contributed by atoms with van der Waals surface area (Å²) in [6.45, 7) is 8.71. The first-order chi connectivity index (χ1) is 5.20. The zero-order valence-corrected chi connectivity index (χ0v) is 9.62. The van der Waals surface area contributed by atoms with Crippen LogP contribution in [0.15, 0.2) is 12.3 Å². The van der Waals surface area contributed by atoms with Gasteiger partial charge in [0.25, 0.3) is 0 Å². The van der Waals surface area contributed by atoms with Gasteiger partial charge in [0.05, 0.1) is 19.3 Å². The first-order valence-electron chi connectivity index (χ1n) is 4.36. The van der Waals surface area contributed by atoms with Crippen LogP contribution in [0.1, 0.15) is 27.2 Å². The fraction of sp³-hybridized carbons (Fsp3) is 0.778. The van der Waals surface area contributed by atoms with Gasteiger partial charge < -0.3 is 17.3 Å². The van der Waals surface area contributed by atoms with Crippen molar-refractivity contribution in [1.29, 1.82) is 0 Å². The lowest BCUT2D eigenvalue weighted by Crippen LogP contribution is -3.06. The van der Waals surface area contributed by atoms with Gasteiger partial charge in [0.15, 0.2) is 0 Å². The highest BCUT2D eigenvalue weighted by molar-refractivity contribution is 6.20. The van der Waals surface area contributed by atoms with Crippen LogP contribution >= 0.6 is 11.6 Å². The van der Waals surface area contributed by atoms with Gasteiger partial charge in [-0.25, -0.2) is 0 Å². The Hall–Kier alpha value is 0.280. The third-order valence-corrected chi connectivity index (χ3v) is 1.90.